The van der Waals surface area contributed by atoms with Gasteiger partial charge in [0.15, 0.2) is 12.3 Å². The molecule has 1 heterocycles. The van der Waals surface area contributed by atoms with Crippen molar-refractivity contribution in [3.05, 3.63) is 96.8 Å². The number of hydrogen-bond acceptors (Lipinski definition) is 5. The number of fused-ring (bicyclic) bond motifs is 1. The molecular weight excluding hydrogens is 366 g/mol. The SMILES string of the molecule is O=C(OCC(=O)N(c1ccccc1)c1ccccc1)c1cnc2ccccc2n1. The molecule has 0 fully saturated rings. The van der Waals surface area contributed by atoms with Gasteiger partial charge in [-0.1, -0.05) is 48.5 Å². The number of amides is 1. The lowest BCUT2D eigenvalue weighted by Crippen LogP contribution is -2.30. The Hall–Kier alpha value is -4.06. The Morgan fingerprint density at radius 1 is 0.759 bits per heavy atom. The van der Waals surface area contributed by atoms with Crippen LogP contribution < -0.4 is 4.90 Å². The zero-order valence-electron chi connectivity index (χ0n) is 15.4. The van der Waals surface area contributed by atoms with Gasteiger partial charge in [-0.2, -0.15) is 0 Å². The highest BCUT2D eigenvalue weighted by Crippen LogP contribution is 2.25. The maximum Gasteiger partial charge on any atom is 0.359 e. The predicted octanol–water partition coefficient (Wildman–Crippen LogP) is 4.15. The first-order valence-corrected chi connectivity index (χ1v) is 9.04. The highest BCUT2D eigenvalue weighted by atomic mass is 16.5. The highest BCUT2D eigenvalue weighted by Gasteiger charge is 2.20. The molecule has 0 N–H and O–H groups in total. The maximum atomic E-state index is 12.9. The molecule has 0 saturated heterocycles. The Balaban J connectivity index is 1.52. The summed E-state index contributed by atoms with van der Waals surface area (Å²) in [6.07, 6.45) is 1.35. The Kier molecular flexibility index (Phi) is 5.25. The third kappa shape index (κ3) is 4.11. The lowest BCUT2D eigenvalue weighted by Gasteiger charge is -2.22. The van der Waals surface area contributed by atoms with Gasteiger partial charge >= 0.3 is 5.97 Å². The molecule has 1 aromatic heterocycles. The molecule has 0 atom stereocenters. The highest BCUT2D eigenvalue weighted by molar-refractivity contribution is 6.02. The van der Waals surface area contributed by atoms with Crippen molar-refractivity contribution in [1.29, 1.82) is 0 Å². The van der Waals surface area contributed by atoms with Crippen LogP contribution in [0.2, 0.25) is 0 Å². The molecule has 4 rings (SSSR count). The Morgan fingerprint density at radius 3 is 1.93 bits per heavy atom. The van der Waals surface area contributed by atoms with Gasteiger partial charge in [0, 0.05) is 11.4 Å². The van der Waals surface area contributed by atoms with Crippen molar-refractivity contribution >= 4 is 34.3 Å². The zero-order valence-corrected chi connectivity index (χ0v) is 15.4. The van der Waals surface area contributed by atoms with E-state index in [0.29, 0.717) is 22.4 Å². The van der Waals surface area contributed by atoms with Crippen LogP contribution >= 0.6 is 0 Å². The van der Waals surface area contributed by atoms with E-state index in [1.54, 1.807) is 12.1 Å². The van der Waals surface area contributed by atoms with Gasteiger partial charge < -0.3 is 4.74 Å². The minimum atomic E-state index is -0.697. The van der Waals surface area contributed by atoms with Crippen molar-refractivity contribution in [2.24, 2.45) is 0 Å². The first-order valence-electron chi connectivity index (χ1n) is 9.04. The number of anilines is 2. The average Bonchev–Trinajstić information content (AvgIpc) is 2.79. The molecule has 29 heavy (non-hydrogen) atoms. The van der Waals surface area contributed by atoms with Gasteiger partial charge in [-0.3, -0.25) is 14.7 Å². The van der Waals surface area contributed by atoms with E-state index in [2.05, 4.69) is 9.97 Å². The number of carbonyl (C=O) groups is 2. The smallest absolute Gasteiger partial charge is 0.359 e. The van der Waals surface area contributed by atoms with Crippen LogP contribution in [0.1, 0.15) is 10.5 Å². The van der Waals surface area contributed by atoms with Crippen molar-refractivity contribution in [2.45, 2.75) is 0 Å². The van der Waals surface area contributed by atoms with E-state index in [9.17, 15) is 9.59 Å². The van der Waals surface area contributed by atoms with E-state index < -0.39 is 12.6 Å². The summed E-state index contributed by atoms with van der Waals surface area (Å²) in [5.74, 6) is -1.07. The van der Waals surface area contributed by atoms with Crippen LogP contribution in [-0.2, 0) is 9.53 Å². The molecule has 6 heteroatoms. The standard InChI is InChI=1S/C23H17N3O3/c27-22(26(17-9-3-1-4-10-17)18-11-5-2-6-12-18)16-29-23(28)21-15-24-19-13-7-8-14-20(19)25-21/h1-15H,16H2. The third-order valence-electron chi connectivity index (χ3n) is 4.26. The fourth-order valence-corrected chi connectivity index (χ4v) is 2.91. The molecule has 1 amide bonds. The fraction of sp³-hybridized carbons (Fsp3) is 0.0435. The summed E-state index contributed by atoms with van der Waals surface area (Å²) in [7, 11) is 0. The minimum absolute atomic E-state index is 0.0578. The Bertz CT molecular complexity index is 1110. The van der Waals surface area contributed by atoms with Crippen molar-refractivity contribution in [1.82, 2.24) is 9.97 Å². The molecule has 0 aliphatic heterocycles. The van der Waals surface area contributed by atoms with Gasteiger partial charge in [0.05, 0.1) is 17.2 Å². The lowest BCUT2D eigenvalue weighted by atomic mass is 10.2. The average molecular weight is 383 g/mol. The molecule has 0 unspecified atom stereocenters. The van der Waals surface area contributed by atoms with Crippen LogP contribution in [0.15, 0.2) is 91.1 Å². The van der Waals surface area contributed by atoms with Gasteiger partial charge in [0.1, 0.15) is 0 Å². The largest absolute Gasteiger partial charge is 0.451 e. The summed E-state index contributed by atoms with van der Waals surface area (Å²) in [6.45, 7) is -0.420. The molecule has 0 aliphatic carbocycles. The van der Waals surface area contributed by atoms with Gasteiger partial charge in [-0.05, 0) is 36.4 Å². The predicted molar refractivity (Wildman–Crippen MR) is 110 cm³/mol. The lowest BCUT2D eigenvalue weighted by molar-refractivity contribution is -0.120. The monoisotopic (exact) mass is 383 g/mol. The maximum absolute atomic E-state index is 12.9. The van der Waals surface area contributed by atoms with Gasteiger partial charge in [-0.25, -0.2) is 9.78 Å². The van der Waals surface area contributed by atoms with E-state index in [4.69, 9.17) is 4.74 Å². The van der Waals surface area contributed by atoms with E-state index in [1.165, 1.54) is 11.1 Å². The number of hydrogen-bond donors (Lipinski definition) is 0. The molecule has 0 saturated carbocycles. The summed E-state index contributed by atoms with van der Waals surface area (Å²) in [4.78, 5) is 35.3. The molecule has 4 aromatic rings. The van der Waals surface area contributed by atoms with Crippen molar-refractivity contribution < 1.29 is 14.3 Å². The molecular formula is C23H17N3O3. The Labute approximate surface area is 167 Å². The van der Waals surface area contributed by atoms with Crippen LogP contribution in [0.25, 0.3) is 11.0 Å². The summed E-state index contributed by atoms with van der Waals surface area (Å²) in [5, 5.41) is 0. The number of benzene rings is 3. The molecule has 142 valence electrons. The number of para-hydroxylation sites is 4. The zero-order chi connectivity index (χ0) is 20.1. The summed E-state index contributed by atoms with van der Waals surface area (Å²) in [5.41, 5.74) is 2.70. The second-order valence-corrected chi connectivity index (χ2v) is 6.22. The minimum Gasteiger partial charge on any atom is -0.451 e. The van der Waals surface area contributed by atoms with E-state index >= 15 is 0 Å². The van der Waals surface area contributed by atoms with E-state index in [1.807, 2.05) is 72.8 Å². The molecule has 3 aromatic carbocycles. The normalized spacial score (nSPS) is 10.5. The fourth-order valence-electron chi connectivity index (χ4n) is 2.91. The first-order chi connectivity index (χ1) is 14.2. The van der Waals surface area contributed by atoms with Crippen LogP contribution in [0.4, 0.5) is 11.4 Å². The van der Waals surface area contributed by atoms with Crippen molar-refractivity contribution in [3.8, 4) is 0 Å². The van der Waals surface area contributed by atoms with Crippen molar-refractivity contribution in [3.63, 3.8) is 0 Å². The topological polar surface area (TPSA) is 72.4 Å². The quantitative estimate of drug-likeness (QED) is 0.484. The summed E-state index contributed by atoms with van der Waals surface area (Å²) >= 11 is 0. The number of nitrogens with zero attached hydrogens (tertiary/aromatic N) is 3. The molecule has 0 bridgehead atoms. The van der Waals surface area contributed by atoms with Crippen LogP contribution in [0.3, 0.4) is 0 Å². The van der Waals surface area contributed by atoms with Gasteiger partial charge in [0.25, 0.3) is 5.91 Å². The van der Waals surface area contributed by atoms with Crippen LogP contribution in [0, 0.1) is 0 Å². The second kappa shape index (κ2) is 8.31. The molecule has 6 nitrogen and oxygen atoms in total. The molecule has 0 radical (unpaired) electrons. The van der Waals surface area contributed by atoms with Crippen molar-refractivity contribution in [2.75, 3.05) is 11.5 Å². The number of carbonyl (C=O) groups excluding carboxylic acids is 2. The molecule has 0 spiro atoms. The number of ether oxygens (including phenoxy) is 1. The Morgan fingerprint density at radius 2 is 1.31 bits per heavy atom. The number of aromatic nitrogens is 2. The van der Waals surface area contributed by atoms with Gasteiger partial charge in [0.2, 0.25) is 0 Å². The van der Waals surface area contributed by atoms with Crippen LogP contribution in [-0.4, -0.2) is 28.5 Å². The summed E-state index contributed by atoms with van der Waals surface area (Å²) < 4.78 is 5.23. The van der Waals surface area contributed by atoms with Gasteiger partial charge in [-0.15, -0.1) is 0 Å². The second-order valence-electron chi connectivity index (χ2n) is 6.22. The van der Waals surface area contributed by atoms with Crippen LogP contribution in [0.5, 0.6) is 0 Å². The number of rotatable bonds is 5. The molecule has 0 aliphatic rings. The summed E-state index contributed by atoms with van der Waals surface area (Å²) in [6, 6.07) is 25.6. The third-order valence-corrected chi connectivity index (χ3v) is 4.26. The first kappa shape index (κ1) is 18.3. The van der Waals surface area contributed by atoms with E-state index in [0.717, 1.165) is 0 Å². The van der Waals surface area contributed by atoms with E-state index in [-0.39, 0.29) is 11.6 Å². The number of esters is 1.